The molecule has 1 atom stereocenters. The third-order valence-electron chi connectivity index (χ3n) is 1.96. The highest BCUT2D eigenvalue weighted by atomic mass is 32.2. The first-order valence-corrected chi connectivity index (χ1v) is 6.85. The van der Waals surface area contributed by atoms with E-state index < -0.39 is 10.2 Å². The molecule has 0 bridgehead atoms. The minimum absolute atomic E-state index is 0.222. The zero-order valence-corrected chi connectivity index (χ0v) is 11.0. The van der Waals surface area contributed by atoms with E-state index >= 15 is 0 Å². The first-order valence-electron chi connectivity index (χ1n) is 5.37. The molecule has 4 N–H and O–H groups in total. The lowest BCUT2D eigenvalue weighted by atomic mass is 10.1. The van der Waals surface area contributed by atoms with Gasteiger partial charge in [-0.2, -0.15) is 17.9 Å². The third-order valence-corrected chi connectivity index (χ3v) is 3.19. The van der Waals surface area contributed by atoms with Gasteiger partial charge in [-0.25, -0.2) is 0 Å². The molecule has 98 valence electrons. The SMILES string of the molecule is COCCNS(=O)(=O)NC(CN)CC(C)C. The van der Waals surface area contributed by atoms with Gasteiger partial charge in [0.1, 0.15) is 0 Å². The number of hydrogen-bond donors (Lipinski definition) is 3. The molecule has 7 heteroatoms. The van der Waals surface area contributed by atoms with E-state index in [1.807, 2.05) is 13.8 Å². The lowest BCUT2D eigenvalue weighted by Gasteiger charge is -2.18. The van der Waals surface area contributed by atoms with Gasteiger partial charge in [0.15, 0.2) is 0 Å². The van der Waals surface area contributed by atoms with Gasteiger partial charge in [-0.05, 0) is 12.3 Å². The Morgan fingerprint density at radius 3 is 2.44 bits per heavy atom. The normalized spacial score (nSPS) is 14.3. The number of ether oxygens (including phenoxy) is 1. The van der Waals surface area contributed by atoms with Crippen molar-refractivity contribution in [1.82, 2.24) is 9.44 Å². The highest BCUT2D eigenvalue weighted by Gasteiger charge is 2.16. The van der Waals surface area contributed by atoms with Gasteiger partial charge in [0.2, 0.25) is 0 Å². The molecule has 0 aromatic heterocycles. The van der Waals surface area contributed by atoms with Crippen LogP contribution in [0.2, 0.25) is 0 Å². The maximum Gasteiger partial charge on any atom is 0.277 e. The summed E-state index contributed by atoms with van der Waals surface area (Å²) in [4.78, 5) is 0. The average molecular weight is 253 g/mol. The summed E-state index contributed by atoms with van der Waals surface area (Å²) < 4.78 is 32.7. The Morgan fingerprint density at radius 1 is 1.38 bits per heavy atom. The van der Waals surface area contributed by atoms with Crippen LogP contribution >= 0.6 is 0 Å². The molecule has 16 heavy (non-hydrogen) atoms. The molecule has 6 nitrogen and oxygen atoms in total. The number of rotatable bonds is 9. The summed E-state index contributed by atoms with van der Waals surface area (Å²) >= 11 is 0. The zero-order chi connectivity index (χ0) is 12.6. The monoisotopic (exact) mass is 253 g/mol. The van der Waals surface area contributed by atoms with Crippen LogP contribution in [0.4, 0.5) is 0 Å². The zero-order valence-electron chi connectivity index (χ0n) is 10.2. The molecule has 0 saturated carbocycles. The lowest BCUT2D eigenvalue weighted by Crippen LogP contribution is -2.47. The Kier molecular flexibility index (Phi) is 7.86. The summed E-state index contributed by atoms with van der Waals surface area (Å²) in [6.07, 6.45) is 0.724. The second-order valence-corrected chi connectivity index (χ2v) is 5.60. The number of nitrogens with two attached hydrogens (primary N) is 1. The fraction of sp³-hybridized carbons (Fsp3) is 1.00. The maximum absolute atomic E-state index is 11.5. The Labute approximate surface area is 98.1 Å². The van der Waals surface area contributed by atoms with E-state index in [0.29, 0.717) is 19.1 Å². The topological polar surface area (TPSA) is 93.4 Å². The summed E-state index contributed by atoms with van der Waals surface area (Å²) in [6.45, 7) is 4.94. The minimum Gasteiger partial charge on any atom is -0.383 e. The first-order chi connectivity index (χ1) is 7.41. The number of methoxy groups -OCH3 is 1. The fourth-order valence-electron chi connectivity index (χ4n) is 1.30. The summed E-state index contributed by atoms with van der Waals surface area (Å²) in [5, 5.41) is 0. The molecule has 0 rings (SSSR count). The van der Waals surface area contributed by atoms with Gasteiger partial charge < -0.3 is 10.5 Å². The third kappa shape index (κ3) is 8.00. The van der Waals surface area contributed by atoms with E-state index in [0.717, 1.165) is 6.42 Å². The molecule has 0 aliphatic rings. The second kappa shape index (κ2) is 7.97. The van der Waals surface area contributed by atoms with Gasteiger partial charge in [-0.15, -0.1) is 0 Å². The molecule has 0 saturated heterocycles. The predicted octanol–water partition coefficient (Wildman–Crippen LogP) is -0.570. The predicted molar refractivity (Wildman–Crippen MR) is 64.2 cm³/mol. The number of hydrogen-bond acceptors (Lipinski definition) is 4. The Morgan fingerprint density at radius 2 is 2.00 bits per heavy atom. The lowest BCUT2D eigenvalue weighted by molar-refractivity contribution is 0.204. The Balaban J connectivity index is 4.10. The van der Waals surface area contributed by atoms with Crippen LogP contribution in [0, 0.1) is 5.92 Å². The molecule has 0 radical (unpaired) electrons. The molecule has 0 amide bonds. The smallest absolute Gasteiger partial charge is 0.277 e. The fourth-order valence-corrected chi connectivity index (χ4v) is 2.37. The van der Waals surface area contributed by atoms with Crippen LogP contribution in [0.25, 0.3) is 0 Å². The van der Waals surface area contributed by atoms with Crippen molar-refractivity contribution >= 4 is 10.2 Å². The van der Waals surface area contributed by atoms with Crippen molar-refractivity contribution in [3.05, 3.63) is 0 Å². The van der Waals surface area contributed by atoms with E-state index in [1.165, 1.54) is 7.11 Å². The maximum atomic E-state index is 11.5. The van der Waals surface area contributed by atoms with Crippen LogP contribution < -0.4 is 15.2 Å². The molecular weight excluding hydrogens is 230 g/mol. The van der Waals surface area contributed by atoms with Crippen molar-refractivity contribution < 1.29 is 13.2 Å². The Bertz CT molecular complexity index is 267. The molecule has 0 aliphatic heterocycles. The standard InChI is InChI=1S/C9H23N3O3S/c1-8(2)6-9(7-10)12-16(13,14)11-4-5-15-3/h8-9,11-12H,4-7,10H2,1-3H3. The highest BCUT2D eigenvalue weighted by molar-refractivity contribution is 7.87. The number of nitrogens with one attached hydrogen (secondary N) is 2. The van der Waals surface area contributed by atoms with Crippen LogP contribution in [0.3, 0.4) is 0 Å². The average Bonchev–Trinajstić information content (AvgIpc) is 2.15. The van der Waals surface area contributed by atoms with Crippen LogP contribution in [0.1, 0.15) is 20.3 Å². The molecule has 0 aromatic rings. The minimum atomic E-state index is -3.47. The highest BCUT2D eigenvalue weighted by Crippen LogP contribution is 2.04. The van der Waals surface area contributed by atoms with Gasteiger partial charge >= 0.3 is 0 Å². The van der Waals surface area contributed by atoms with Crippen molar-refractivity contribution in [3.8, 4) is 0 Å². The molecule has 1 unspecified atom stereocenters. The molecule has 0 fully saturated rings. The van der Waals surface area contributed by atoms with E-state index in [1.54, 1.807) is 0 Å². The van der Waals surface area contributed by atoms with Crippen molar-refractivity contribution in [2.24, 2.45) is 11.7 Å². The summed E-state index contributed by atoms with van der Waals surface area (Å²) in [7, 11) is -1.95. The van der Waals surface area contributed by atoms with Crippen LogP contribution in [-0.2, 0) is 14.9 Å². The van der Waals surface area contributed by atoms with E-state index in [-0.39, 0.29) is 12.6 Å². The second-order valence-electron chi connectivity index (χ2n) is 4.07. The van der Waals surface area contributed by atoms with Crippen molar-refractivity contribution in [2.45, 2.75) is 26.3 Å². The van der Waals surface area contributed by atoms with Gasteiger partial charge in [0, 0.05) is 26.2 Å². The molecule has 0 aliphatic carbocycles. The van der Waals surface area contributed by atoms with E-state index in [4.69, 9.17) is 10.5 Å². The summed E-state index contributed by atoms with van der Waals surface area (Å²) in [6, 6.07) is -0.222. The van der Waals surface area contributed by atoms with Crippen molar-refractivity contribution in [2.75, 3.05) is 26.8 Å². The molecule has 0 spiro atoms. The molecule has 0 heterocycles. The van der Waals surface area contributed by atoms with Crippen LogP contribution in [0.5, 0.6) is 0 Å². The molecular formula is C9H23N3O3S. The van der Waals surface area contributed by atoms with Crippen molar-refractivity contribution in [3.63, 3.8) is 0 Å². The Hall–Kier alpha value is -0.210. The summed E-state index contributed by atoms with van der Waals surface area (Å²) in [5.41, 5.74) is 5.50. The molecule has 0 aromatic carbocycles. The van der Waals surface area contributed by atoms with Crippen LogP contribution in [-0.4, -0.2) is 41.3 Å². The van der Waals surface area contributed by atoms with Crippen molar-refractivity contribution in [1.29, 1.82) is 0 Å². The quantitative estimate of drug-likeness (QED) is 0.480. The van der Waals surface area contributed by atoms with E-state index in [2.05, 4.69) is 9.44 Å². The van der Waals surface area contributed by atoms with Gasteiger partial charge in [0.25, 0.3) is 10.2 Å². The summed E-state index contributed by atoms with van der Waals surface area (Å²) in [5.74, 6) is 0.398. The van der Waals surface area contributed by atoms with Crippen LogP contribution in [0.15, 0.2) is 0 Å². The first kappa shape index (κ1) is 15.8. The van der Waals surface area contributed by atoms with Gasteiger partial charge in [-0.3, -0.25) is 0 Å². The van der Waals surface area contributed by atoms with Gasteiger partial charge in [0.05, 0.1) is 6.61 Å². The van der Waals surface area contributed by atoms with E-state index in [9.17, 15) is 8.42 Å². The van der Waals surface area contributed by atoms with Gasteiger partial charge in [-0.1, -0.05) is 13.8 Å². The largest absolute Gasteiger partial charge is 0.383 e.